The molecular formula is C45H64O21. The van der Waals surface area contributed by atoms with Gasteiger partial charge in [0.15, 0.2) is 30.4 Å². The van der Waals surface area contributed by atoms with Crippen LogP contribution >= 0.6 is 0 Å². The third-order valence-corrected chi connectivity index (χ3v) is 13.4. The number of phenols is 2. The summed E-state index contributed by atoms with van der Waals surface area (Å²) in [7, 11) is 2.66. The summed E-state index contributed by atoms with van der Waals surface area (Å²) in [5.74, 6) is -3.99. The van der Waals surface area contributed by atoms with Gasteiger partial charge in [-0.2, -0.15) is 0 Å². The number of carbonyl (C=O) groups excluding carboxylic acids is 2. The van der Waals surface area contributed by atoms with Gasteiger partial charge in [-0.05, 0) is 64.1 Å². The first-order chi connectivity index (χ1) is 31.2. The number of aliphatic hydroxyl groups is 7. The molecule has 4 aliphatic heterocycles. The minimum absolute atomic E-state index is 0.0102. The normalized spacial score (nSPS) is 40.1. The molecule has 21 atom stereocenters. The highest BCUT2D eigenvalue weighted by Crippen LogP contribution is 2.46. The molecule has 1 unspecified atom stereocenters. The Bertz CT molecular complexity index is 1990. The fourth-order valence-electron chi connectivity index (χ4n) is 9.79. The number of ketones is 2. The topological polar surface area (TPSA) is 309 Å². The molecule has 5 aliphatic rings. The van der Waals surface area contributed by atoms with Crippen LogP contribution in [-0.4, -0.2) is 195 Å². The average molecular weight is 941 g/mol. The molecule has 1 aliphatic carbocycles. The van der Waals surface area contributed by atoms with Crippen molar-refractivity contribution in [3.63, 3.8) is 0 Å². The molecule has 0 spiro atoms. The standard InChI is InChI=1S/C45H64O21/c1-16(46)36(50)42(56)44(58-7)24-10-22-8-21-9-23(63-32-14-28(38(52)18(3)60-32)65-31-13-27(49)43(57-6)20(5)62-31)11-25(47)34(21)40(54)35(22)41(55)45(24)66-33-15-29(39(53)19(4)61-33)64-30-12-26(48)37(51)17(2)59-30/h8-9,11,16-20,24,26-33,36-39,43-54H,10,12-15H2,1-7H3/t16-,17-,18+,19-,20-,24-,26-,27-,28+,29-,30?,31-,32-,33+,36+,37-,38-,39-,43+,44-,45-/m0/s1. The van der Waals surface area contributed by atoms with Crippen molar-refractivity contribution in [1.82, 2.24) is 0 Å². The SMILES string of the molecule is CO[C@@H]1[C@H](C)O[C@@H](O[C@@H]2C[C@H](Oc3cc(O)c4c(O)c5c(cc4c3)C[C@@H]([C@H](OC)C(=O)[C@H](O)[C@H](C)O)[C@H](O[C@@H]3C[C@H](OC4C[C@H](O)[C@@H](O)[C@H](C)O4)[C@@H](O)[C@H](C)O3)C5=O)O[C@H](C)[C@@H]2O)C[C@@H]1O. The zero-order valence-corrected chi connectivity index (χ0v) is 37.8. The molecule has 21 nitrogen and oxygen atoms in total. The number of hydrogen-bond donors (Lipinski definition) is 9. The van der Waals surface area contributed by atoms with Gasteiger partial charge in [0.25, 0.3) is 0 Å². The second-order valence-corrected chi connectivity index (χ2v) is 18.1. The summed E-state index contributed by atoms with van der Waals surface area (Å²) in [4.78, 5) is 28.5. The number of ether oxygens (including phenoxy) is 10. The first-order valence-electron chi connectivity index (χ1n) is 22.4. The number of carbonyl (C=O) groups is 2. The van der Waals surface area contributed by atoms with Crippen LogP contribution in [0.2, 0.25) is 0 Å². The number of fused-ring (bicyclic) bond motifs is 2. The Hall–Kier alpha value is -3.20. The fourth-order valence-corrected chi connectivity index (χ4v) is 9.79. The molecule has 0 saturated carbocycles. The van der Waals surface area contributed by atoms with Crippen LogP contribution in [0.25, 0.3) is 10.8 Å². The van der Waals surface area contributed by atoms with E-state index in [1.165, 1.54) is 39.3 Å². The minimum atomic E-state index is -1.91. The van der Waals surface area contributed by atoms with Gasteiger partial charge in [-0.15, -0.1) is 0 Å². The Morgan fingerprint density at radius 1 is 0.712 bits per heavy atom. The van der Waals surface area contributed by atoms with Crippen LogP contribution < -0.4 is 4.74 Å². The molecule has 66 heavy (non-hydrogen) atoms. The lowest BCUT2D eigenvalue weighted by atomic mass is 9.75. The summed E-state index contributed by atoms with van der Waals surface area (Å²) in [6.45, 7) is 7.68. The quantitative estimate of drug-likeness (QED) is 0.119. The van der Waals surface area contributed by atoms with Gasteiger partial charge >= 0.3 is 0 Å². The van der Waals surface area contributed by atoms with E-state index in [4.69, 9.17) is 47.4 Å². The van der Waals surface area contributed by atoms with Crippen LogP contribution in [0.5, 0.6) is 17.2 Å². The van der Waals surface area contributed by atoms with Crippen molar-refractivity contribution in [2.45, 2.75) is 190 Å². The third kappa shape index (κ3) is 10.4. The van der Waals surface area contributed by atoms with Crippen molar-refractivity contribution >= 4 is 22.3 Å². The molecule has 0 bridgehead atoms. The van der Waals surface area contributed by atoms with Gasteiger partial charge in [-0.1, -0.05) is 0 Å². The van der Waals surface area contributed by atoms with Crippen molar-refractivity contribution < 1.29 is 103 Å². The zero-order chi connectivity index (χ0) is 48.0. The zero-order valence-electron chi connectivity index (χ0n) is 37.8. The summed E-state index contributed by atoms with van der Waals surface area (Å²) in [5, 5.41) is 97.3. The lowest BCUT2D eigenvalue weighted by Crippen LogP contribution is -2.56. The number of hydrogen-bond acceptors (Lipinski definition) is 21. The molecule has 2 aromatic carbocycles. The molecule has 4 saturated heterocycles. The summed E-state index contributed by atoms with van der Waals surface area (Å²) < 4.78 is 59.2. The Balaban J connectivity index is 1.15. The van der Waals surface area contributed by atoms with Gasteiger partial charge in [0.1, 0.15) is 60.0 Å². The van der Waals surface area contributed by atoms with E-state index in [0.717, 1.165) is 0 Å². The van der Waals surface area contributed by atoms with E-state index in [2.05, 4.69) is 0 Å². The van der Waals surface area contributed by atoms with E-state index in [1.807, 2.05) is 0 Å². The van der Waals surface area contributed by atoms with E-state index < -0.39 is 152 Å². The molecule has 21 heteroatoms. The van der Waals surface area contributed by atoms with Crippen LogP contribution in [0.1, 0.15) is 76.2 Å². The molecule has 7 rings (SSSR count). The lowest BCUT2D eigenvalue weighted by Gasteiger charge is -2.43. The van der Waals surface area contributed by atoms with E-state index >= 15 is 0 Å². The first kappa shape index (κ1) is 50.7. The van der Waals surface area contributed by atoms with Gasteiger partial charge in [0.2, 0.25) is 6.29 Å². The smallest absolute Gasteiger partial charge is 0.202 e. The molecule has 0 aromatic heterocycles. The maximum Gasteiger partial charge on any atom is 0.202 e. The highest BCUT2D eigenvalue weighted by Gasteiger charge is 2.50. The molecular weight excluding hydrogens is 876 g/mol. The molecule has 4 fully saturated rings. The predicted octanol–water partition coefficient (Wildman–Crippen LogP) is -0.175. The Morgan fingerprint density at radius 2 is 1.26 bits per heavy atom. The molecule has 0 radical (unpaired) electrons. The number of methoxy groups -OCH3 is 2. The highest BCUT2D eigenvalue weighted by molar-refractivity contribution is 6.11. The number of benzene rings is 2. The largest absolute Gasteiger partial charge is 0.507 e. The average Bonchev–Trinajstić information content (AvgIpc) is 3.24. The summed E-state index contributed by atoms with van der Waals surface area (Å²) >= 11 is 0. The Morgan fingerprint density at radius 3 is 1.82 bits per heavy atom. The van der Waals surface area contributed by atoms with Crippen LogP contribution in [0, 0.1) is 5.92 Å². The van der Waals surface area contributed by atoms with Crippen LogP contribution in [0.15, 0.2) is 18.2 Å². The predicted molar refractivity (Wildman–Crippen MR) is 224 cm³/mol. The maximum absolute atomic E-state index is 14.7. The summed E-state index contributed by atoms with van der Waals surface area (Å²) in [6, 6.07) is 4.24. The van der Waals surface area contributed by atoms with E-state index in [1.54, 1.807) is 27.7 Å². The first-order valence-corrected chi connectivity index (χ1v) is 22.4. The summed E-state index contributed by atoms with van der Waals surface area (Å²) in [5.41, 5.74) is -0.0232. The van der Waals surface area contributed by atoms with Gasteiger partial charge in [0.05, 0.1) is 65.9 Å². The van der Waals surface area contributed by atoms with E-state index in [9.17, 15) is 55.5 Å². The van der Waals surface area contributed by atoms with Crippen molar-refractivity contribution in [1.29, 1.82) is 0 Å². The van der Waals surface area contributed by atoms with Gasteiger partial charge < -0.3 is 93.3 Å². The molecule has 9 N–H and O–H groups in total. The third-order valence-electron chi connectivity index (χ3n) is 13.4. The molecule has 2 aromatic rings. The monoisotopic (exact) mass is 940 g/mol. The van der Waals surface area contributed by atoms with Crippen LogP contribution in [0.3, 0.4) is 0 Å². The van der Waals surface area contributed by atoms with Gasteiger partial charge in [-0.25, -0.2) is 0 Å². The summed E-state index contributed by atoms with van der Waals surface area (Å²) in [6.07, 6.45) is -22.0. The van der Waals surface area contributed by atoms with E-state index in [-0.39, 0.29) is 59.8 Å². The Labute approximate surface area is 380 Å². The number of aromatic hydroxyl groups is 2. The Kier molecular flexibility index (Phi) is 16.0. The second kappa shape index (κ2) is 20.8. The number of phenolic OH excluding ortho intramolecular Hbond substituents is 2. The van der Waals surface area contributed by atoms with Gasteiger partial charge in [0, 0.05) is 51.9 Å². The number of Topliss-reactive ketones (excluding diaryl/α,β-unsaturated/α-hetero) is 2. The van der Waals surface area contributed by atoms with Crippen molar-refractivity contribution in [3.8, 4) is 17.2 Å². The molecule has 370 valence electrons. The second-order valence-electron chi connectivity index (χ2n) is 18.1. The van der Waals surface area contributed by atoms with Gasteiger partial charge in [-0.3, -0.25) is 9.59 Å². The fraction of sp³-hybridized carbons (Fsp3) is 0.733. The van der Waals surface area contributed by atoms with Crippen molar-refractivity contribution in [2.75, 3.05) is 14.2 Å². The van der Waals surface area contributed by atoms with E-state index in [0.29, 0.717) is 0 Å². The number of aliphatic hydroxyl groups excluding tert-OH is 7. The minimum Gasteiger partial charge on any atom is -0.507 e. The van der Waals surface area contributed by atoms with Crippen LogP contribution in [0.4, 0.5) is 0 Å². The maximum atomic E-state index is 14.7. The molecule has 0 amide bonds. The van der Waals surface area contributed by atoms with Crippen LogP contribution in [-0.2, 0) is 53.8 Å². The number of rotatable bonds is 14. The molecule has 4 heterocycles. The lowest BCUT2D eigenvalue weighted by molar-refractivity contribution is -0.311. The van der Waals surface area contributed by atoms with Crippen molar-refractivity contribution in [2.24, 2.45) is 5.92 Å². The van der Waals surface area contributed by atoms with Crippen molar-refractivity contribution in [3.05, 3.63) is 29.3 Å². The highest BCUT2D eigenvalue weighted by atomic mass is 16.7.